The maximum atomic E-state index is 13.6. The number of sulfonamides is 1. The van der Waals surface area contributed by atoms with E-state index in [0.29, 0.717) is 11.4 Å². The molecule has 0 bridgehead atoms. The Hall–Kier alpha value is -2.33. The van der Waals surface area contributed by atoms with E-state index in [9.17, 15) is 8.42 Å². The molecule has 0 atom stereocenters. The molecule has 0 aliphatic carbocycles. The minimum absolute atomic E-state index is 0.116. The van der Waals surface area contributed by atoms with Crippen molar-refractivity contribution in [3.8, 4) is 0 Å². The molecule has 0 unspecified atom stereocenters. The van der Waals surface area contributed by atoms with Crippen LogP contribution < -0.4 is 8.77 Å². The van der Waals surface area contributed by atoms with E-state index in [4.69, 9.17) is 0 Å². The van der Waals surface area contributed by atoms with Crippen molar-refractivity contribution in [2.75, 3.05) is 10.8 Å². The van der Waals surface area contributed by atoms with Crippen LogP contribution in [0.1, 0.15) is 36.5 Å². The summed E-state index contributed by atoms with van der Waals surface area (Å²) in [6.45, 7) is 6.56. The van der Waals surface area contributed by atoms with Gasteiger partial charge in [-0.05, 0) is 0 Å². The van der Waals surface area contributed by atoms with Gasteiger partial charge in [0.1, 0.15) is 0 Å². The molecule has 0 aromatic heterocycles. The van der Waals surface area contributed by atoms with Crippen LogP contribution in [-0.2, 0) is 10.0 Å². The average Bonchev–Trinajstić information content (AvgIpc) is 2.74. The molecule has 1 aliphatic rings. The van der Waals surface area contributed by atoms with Gasteiger partial charge in [-0.3, -0.25) is 0 Å². The first-order valence-electron chi connectivity index (χ1n) is 10.0. The Morgan fingerprint density at radius 3 is 2.27 bits per heavy atom. The predicted octanol–water partition coefficient (Wildman–Crippen LogP) is 4.70. The van der Waals surface area contributed by atoms with Gasteiger partial charge in [-0.15, -0.1) is 0 Å². The zero-order valence-electron chi connectivity index (χ0n) is 17.4. The van der Waals surface area contributed by atoms with Crippen molar-refractivity contribution in [3.05, 3.63) is 95.6 Å². The zero-order chi connectivity index (χ0) is 21.3. The summed E-state index contributed by atoms with van der Waals surface area (Å²) in [5.41, 5.74) is 3.98. The van der Waals surface area contributed by atoms with Crippen molar-refractivity contribution in [3.63, 3.8) is 0 Å². The van der Waals surface area contributed by atoms with Gasteiger partial charge in [-0.1, -0.05) is 0 Å². The van der Waals surface area contributed by atoms with E-state index >= 15 is 0 Å². The van der Waals surface area contributed by atoms with E-state index in [2.05, 4.69) is 56.3 Å². The van der Waals surface area contributed by atoms with Crippen LogP contribution in [0.15, 0.2) is 83.8 Å². The first-order valence-corrected chi connectivity index (χ1v) is 13.2. The van der Waals surface area contributed by atoms with Crippen molar-refractivity contribution in [1.29, 1.82) is 0 Å². The maximum absolute atomic E-state index is 13.6. The number of rotatable bonds is 5. The Kier molecular flexibility index (Phi) is 5.88. The average molecular weight is 483 g/mol. The van der Waals surface area contributed by atoms with Crippen molar-refractivity contribution in [2.24, 2.45) is 0 Å². The van der Waals surface area contributed by atoms with Gasteiger partial charge in [0.15, 0.2) is 0 Å². The van der Waals surface area contributed by atoms with Crippen molar-refractivity contribution in [1.82, 2.24) is 0 Å². The van der Waals surface area contributed by atoms with Crippen LogP contribution in [0.2, 0.25) is 0 Å². The second kappa shape index (κ2) is 8.43. The molecule has 1 aliphatic heterocycles. The molecule has 3 aromatic carbocycles. The van der Waals surface area contributed by atoms with Gasteiger partial charge in [0.05, 0.1) is 0 Å². The molecule has 4 rings (SSSR count). The Morgan fingerprint density at radius 2 is 1.60 bits per heavy atom. The molecule has 154 valence electrons. The molecule has 0 saturated heterocycles. The molecular weight excluding hydrogens is 457 g/mol. The molecule has 0 radical (unpaired) electrons. The third-order valence-electron chi connectivity index (χ3n) is 5.23. The molecule has 5 heteroatoms. The number of hydrogen-bond acceptors (Lipinski definition) is 2. The molecule has 0 saturated carbocycles. The summed E-state index contributed by atoms with van der Waals surface area (Å²) in [6.07, 6.45) is 2.09. The fourth-order valence-electron chi connectivity index (χ4n) is 3.64. The van der Waals surface area contributed by atoms with Crippen LogP contribution >= 0.6 is 0 Å². The monoisotopic (exact) mass is 483 g/mol. The summed E-state index contributed by atoms with van der Waals surface area (Å²) >= 11 is 0.116. The van der Waals surface area contributed by atoms with Gasteiger partial charge in [0, 0.05) is 0 Å². The van der Waals surface area contributed by atoms with E-state index in [1.165, 1.54) is 8.93 Å². The molecule has 0 amide bonds. The number of fused-ring (bicyclic) bond motifs is 1. The van der Waals surface area contributed by atoms with Crippen molar-refractivity contribution >= 4 is 39.6 Å². The normalized spacial score (nSPS) is 13.9. The summed E-state index contributed by atoms with van der Waals surface area (Å²) in [5, 5.41) is 0. The van der Waals surface area contributed by atoms with Crippen LogP contribution in [0.5, 0.6) is 0 Å². The molecule has 30 heavy (non-hydrogen) atoms. The fraction of sp³-hybridized carbons (Fsp3) is 0.200. The Labute approximate surface area is 185 Å². The Bertz CT molecular complexity index is 1180. The first-order chi connectivity index (χ1) is 14.4. The molecule has 3 nitrogen and oxygen atoms in total. The molecule has 1 heterocycles. The van der Waals surface area contributed by atoms with Gasteiger partial charge < -0.3 is 0 Å². The molecule has 3 aromatic rings. The number of nitrogens with zero attached hydrogens (tertiary/aromatic N) is 1. The first kappa shape index (κ1) is 20.9. The van der Waals surface area contributed by atoms with Crippen LogP contribution in [0, 0.1) is 6.92 Å². The van der Waals surface area contributed by atoms with E-state index in [-0.39, 0.29) is 20.9 Å². The number of anilines is 1. The summed E-state index contributed by atoms with van der Waals surface area (Å²) < 4.78 is 31.3. The van der Waals surface area contributed by atoms with E-state index < -0.39 is 10.0 Å². The minimum atomic E-state index is -3.65. The van der Waals surface area contributed by atoms with Gasteiger partial charge in [-0.25, -0.2) is 0 Å². The topological polar surface area (TPSA) is 37.4 Å². The standard InChI is InChI=1S/C25H25NO2SSe/c1-18(2)22-10-7-11-23-24(30-21-8-5-4-6-9-21)16-17-26(25(22)23)29(27,28)20-14-12-19(3)13-15-20/h4-16,18H,17H2,1-3H3. The summed E-state index contributed by atoms with van der Waals surface area (Å²) in [6, 6.07) is 23.7. The number of benzene rings is 3. The van der Waals surface area contributed by atoms with Gasteiger partial charge >= 0.3 is 186 Å². The van der Waals surface area contributed by atoms with Crippen LogP contribution in [0.3, 0.4) is 0 Å². The second-order valence-electron chi connectivity index (χ2n) is 7.73. The van der Waals surface area contributed by atoms with Crippen LogP contribution in [0.25, 0.3) is 4.47 Å². The van der Waals surface area contributed by atoms with Crippen LogP contribution in [0.4, 0.5) is 5.69 Å². The number of para-hydroxylation sites is 1. The third kappa shape index (κ3) is 3.98. The summed E-state index contributed by atoms with van der Waals surface area (Å²) in [5.74, 6) is 0.222. The second-order valence-corrected chi connectivity index (χ2v) is 11.9. The summed E-state index contributed by atoms with van der Waals surface area (Å²) in [7, 11) is -3.65. The predicted molar refractivity (Wildman–Crippen MR) is 126 cm³/mol. The molecule has 0 fully saturated rings. The number of aryl methyl sites for hydroxylation is 1. The van der Waals surface area contributed by atoms with Gasteiger partial charge in [0.2, 0.25) is 0 Å². The third-order valence-corrected chi connectivity index (χ3v) is 9.34. The molecule has 0 N–H and O–H groups in total. The quantitative estimate of drug-likeness (QED) is 0.495. The molecular formula is C25H25NO2SSe. The molecule has 0 spiro atoms. The summed E-state index contributed by atoms with van der Waals surface area (Å²) in [4.78, 5) is 0.336. The number of hydrogen-bond donors (Lipinski definition) is 0. The van der Waals surface area contributed by atoms with Crippen molar-refractivity contribution < 1.29 is 8.42 Å². The zero-order valence-corrected chi connectivity index (χ0v) is 19.9. The van der Waals surface area contributed by atoms with Gasteiger partial charge in [-0.2, -0.15) is 0 Å². The van der Waals surface area contributed by atoms with E-state index in [0.717, 1.165) is 22.4 Å². The SMILES string of the molecule is Cc1ccc(S(=O)(=O)N2CC=C([Se]c3ccccc3)c3cccc(C(C)C)c32)cc1. The van der Waals surface area contributed by atoms with Crippen molar-refractivity contribution in [2.45, 2.75) is 31.6 Å². The van der Waals surface area contributed by atoms with E-state index in [1.54, 1.807) is 16.4 Å². The van der Waals surface area contributed by atoms with E-state index in [1.807, 2.05) is 31.2 Å². The van der Waals surface area contributed by atoms with Crippen LogP contribution in [-0.4, -0.2) is 29.9 Å². The fourth-order valence-corrected chi connectivity index (χ4v) is 7.14. The van der Waals surface area contributed by atoms with Gasteiger partial charge in [0.25, 0.3) is 0 Å². The Morgan fingerprint density at radius 1 is 0.900 bits per heavy atom. The Balaban J connectivity index is 1.83.